The highest BCUT2D eigenvalue weighted by atomic mass is 79.9. The Bertz CT molecular complexity index is 682. The van der Waals surface area contributed by atoms with Gasteiger partial charge in [-0.25, -0.2) is 0 Å². The molecule has 0 spiro atoms. The molecule has 0 radical (unpaired) electrons. The van der Waals surface area contributed by atoms with Gasteiger partial charge in [-0.05, 0) is 76.7 Å². The quantitative estimate of drug-likeness (QED) is 0.876. The topological polar surface area (TPSA) is 49.3 Å². The fourth-order valence-corrected chi connectivity index (χ4v) is 2.75. The van der Waals surface area contributed by atoms with E-state index in [1.165, 1.54) is 23.6 Å². The maximum Gasteiger partial charge on any atom is 0.255 e. The van der Waals surface area contributed by atoms with Gasteiger partial charge in [0.15, 0.2) is 0 Å². The molecule has 0 atom stereocenters. The number of phenolic OH excluding ortho intramolecular Hbond substituents is 1. The minimum Gasteiger partial charge on any atom is -0.507 e. The second-order valence-electron chi connectivity index (χ2n) is 4.96. The lowest BCUT2D eigenvalue weighted by atomic mass is 10.1. The number of rotatable bonds is 2. The molecule has 2 aromatic rings. The number of carbonyl (C=O) groups excluding carboxylic acids is 1. The highest BCUT2D eigenvalue weighted by Crippen LogP contribution is 2.27. The second kappa shape index (κ2) is 5.29. The Morgan fingerprint density at radius 3 is 2.70 bits per heavy atom. The Balaban J connectivity index is 1.80. The van der Waals surface area contributed by atoms with Crippen LogP contribution in [0.3, 0.4) is 0 Å². The molecule has 2 N–H and O–H groups in total. The predicted molar refractivity (Wildman–Crippen MR) is 82.2 cm³/mol. The van der Waals surface area contributed by atoms with Gasteiger partial charge in [-0.1, -0.05) is 6.07 Å². The van der Waals surface area contributed by atoms with Crippen LogP contribution in [0.2, 0.25) is 0 Å². The van der Waals surface area contributed by atoms with Crippen molar-refractivity contribution in [2.45, 2.75) is 19.3 Å². The summed E-state index contributed by atoms with van der Waals surface area (Å²) in [7, 11) is 0. The molecule has 1 aliphatic rings. The Morgan fingerprint density at radius 2 is 1.90 bits per heavy atom. The highest BCUT2D eigenvalue weighted by Gasteiger charge is 2.13. The van der Waals surface area contributed by atoms with Crippen molar-refractivity contribution < 1.29 is 9.90 Å². The zero-order valence-corrected chi connectivity index (χ0v) is 12.4. The number of fused-ring (bicyclic) bond motifs is 1. The maximum atomic E-state index is 12.1. The number of benzene rings is 2. The van der Waals surface area contributed by atoms with Gasteiger partial charge in [0.2, 0.25) is 0 Å². The molecule has 0 saturated carbocycles. The zero-order valence-electron chi connectivity index (χ0n) is 10.8. The van der Waals surface area contributed by atoms with E-state index in [-0.39, 0.29) is 11.7 Å². The summed E-state index contributed by atoms with van der Waals surface area (Å²) < 4.78 is 0.576. The number of nitrogens with one attached hydrogen (secondary N) is 1. The number of carbonyl (C=O) groups is 1. The third-order valence-corrected chi connectivity index (χ3v) is 4.24. The monoisotopic (exact) mass is 331 g/mol. The lowest BCUT2D eigenvalue weighted by Crippen LogP contribution is -2.11. The summed E-state index contributed by atoms with van der Waals surface area (Å²) in [5.74, 6) is -0.155. The standard InChI is InChI=1S/C16H14BrNO2/c17-14-7-5-12(9-15(14)19)16(20)18-13-6-4-10-2-1-3-11(10)8-13/h4-9,19H,1-3H2,(H,18,20). The zero-order chi connectivity index (χ0) is 14.1. The van der Waals surface area contributed by atoms with E-state index in [0.717, 1.165) is 18.5 Å². The minimum absolute atomic E-state index is 0.0617. The molecule has 0 aromatic heterocycles. The molecule has 4 heteroatoms. The molecular weight excluding hydrogens is 318 g/mol. The number of amides is 1. The molecule has 1 aliphatic carbocycles. The molecule has 3 rings (SSSR count). The van der Waals surface area contributed by atoms with Gasteiger partial charge in [0, 0.05) is 11.3 Å². The third kappa shape index (κ3) is 2.56. The Hall–Kier alpha value is -1.81. The van der Waals surface area contributed by atoms with Gasteiger partial charge >= 0.3 is 0 Å². The average Bonchev–Trinajstić information content (AvgIpc) is 2.89. The first-order chi connectivity index (χ1) is 9.63. The number of hydrogen-bond acceptors (Lipinski definition) is 2. The molecule has 0 aliphatic heterocycles. The molecule has 0 saturated heterocycles. The number of hydrogen-bond donors (Lipinski definition) is 2. The molecule has 3 nitrogen and oxygen atoms in total. The molecule has 0 heterocycles. The molecule has 0 fully saturated rings. The Morgan fingerprint density at radius 1 is 1.10 bits per heavy atom. The van der Waals surface area contributed by atoms with Crippen molar-refractivity contribution in [1.82, 2.24) is 0 Å². The summed E-state index contributed by atoms with van der Waals surface area (Å²) in [6.45, 7) is 0. The summed E-state index contributed by atoms with van der Waals surface area (Å²) >= 11 is 3.20. The normalized spacial score (nSPS) is 13.1. The maximum absolute atomic E-state index is 12.1. The van der Waals surface area contributed by atoms with Crippen molar-refractivity contribution in [2.75, 3.05) is 5.32 Å². The summed E-state index contributed by atoms with van der Waals surface area (Å²) in [5.41, 5.74) is 3.94. The lowest BCUT2D eigenvalue weighted by Gasteiger charge is -2.08. The molecule has 1 amide bonds. The minimum atomic E-state index is -0.217. The fraction of sp³-hybridized carbons (Fsp3) is 0.188. The van der Waals surface area contributed by atoms with E-state index < -0.39 is 0 Å². The first-order valence-electron chi connectivity index (χ1n) is 6.55. The summed E-state index contributed by atoms with van der Waals surface area (Å²) in [5, 5.41) is 12.5. The van der Waals surface area contributed by atoms with E-state index in [0.29, 0.717) is 10.0 Å². The fourth-order valence-electron chi connectivity index (χ4n) is 2.51. The van der Waals surface area contributed by atoms with Gasteiger partial charge in [-0.15, -0.1) is 0 Å². The largest absolute Gasteiger partial charge is 0.507 e. The van der Waals surface area contributed by atoms with Crippen LogP contribution in [-0.2, 0) is 12.8 Å². The SMILES string of the molecule is O=C(Nc1ccc2c(c1)CCC2)c1ccc(Br)c(O)c1. The van der Waals surface area contributed by atoms with Gasteiger partial charge < -0.3 is 10.4 Å². The smallest absolute Gasteiger partial charge is 0.255 e. The van der Waals surface area contributed by atoms with Crippen LogP contribution in [0, 0.1) is 0 Å². The van der Waals surface area contributed by atoms with Gasteiger partial charge in [0.25, 0.3) is 5.91 Å². The first-order valence-corrected chi connectivity index (χ1v) is 7.34. The van der Waals surface area contributed by atoms with Crippen LogP contribution in [0.25, 0.3) is 0 Å². The van der Waals surface area contributed by atoms with E-state index in [1.807, 2.05) is 12.1 Å². The molecule has 0 bridgehead atoms. The van der Waals surface area contributed by atoms with Gasteiger partial charge in [-0.3, -0.25) is 4.79 Å². The van der Waals surface area contributed by atoms with Gasteiger partial charge in [0.05, 0.1) is 4.47 Å². The number of halogens is 1. The number of aromatic hydroxyl groups is 1. The van der Waals surface area contributed by atoms with Crippen LogP contribution in [0.5, 0.6) is 5.75 Å². The Kier molecular flexibility index (Phi) is 3.49. The predicted octanol–water partition coefficient (Wildman–Crippen LogP) is 3.90. The summed E-state index contributed by atoms with van der Waals surface area (Å²) in [4.78, 5) is 12.1. The average molecular weight is 332 g/mol. The van der Waals surface area contributed by atoms with E-state index >= 15 is 0 Å². The van der Waals surface area contributed by atoms with Crippen molar-refractivity contribution >= 4 is 27.5 Å². The van der Waals surface area contributed by atoms with Gasteiger partial charge in [-0.2, -0.15) is 0 Å². The summed E-state index contributed by atoms with van der Waals surface area (Å²) in [6.07, 6.45) is 3.40. The molecule has 0 unspecified atom stereocenters. The molecule has 20 heavy (non-hydrogen) atoms. The number of anilines is 1. The van der Waals surface area contributed by atoms with E-state index in [2.05, 4.69) is 27.3 Å². The van der Waals surface area contributed by atoms with Crippen molar-refractivity contribution in [3.05, 3.63) is 57.6 Å². The van der Waals surface area contributed by atoms with Crippen LogP contribution in [0.15, 0.2) is 40.9 Å². The van der Waals surface area contributed by atoms with Crippen LogP contribution in [0.1, 0.15) is 27.9 Å². The Labute approximate surface area is 125 Å². The second-order valence-corrected chi connectivity index (χ2v) is 5.81. The van der Waals surface area contributed by atoms with Crippen molar-refractivity contribution in [1.29, 1.82) is 0 Å². The molecular formula is C16H14BrNO2. The van der Waals surface area contributed by atoms with E-state index in [9.17, 15) is 9.90 Å². The van der Waals surface area contributed by atoms with Gasteiger partial charge in [0.1, 0.15) is 5.75 Å². The number of phenols is 1. The van der Waals surface area contributed by atoms with Crippen molar-refractivity contribution in [3.63, 3.8) is 0 Å². The number of aryl methyl sites for hydroxylation is 2. The van der Waals surface area contributed by atoms with Crippen LogP contribution in [-0.4, -0.2) is 11.0 Å². The first kappa shape index (κ1) is 13.2. The summed E-state index contributed by atoms with van der Waals surface area (Å²) in [6, 6.07) is 10.8. The third-order valence-electron chi connectivity index (χ3n) is 3.56. The van der Waals surface area contributed by atoms with E-state index in [1.54, 1.807) is 12.1 Å². The lowest BCUT2D eigenvalue weighted by molar-refractivity contribution is 0.102. The molecule has 102 valence electrons. The van der Waals surface area contributed by atoms with Crippen molar-refractivity contribution in [3.8, 4) is 5.75 Å². The van der Waals surface area contributed by atoms with Crippen LogP contribution >= 0.6 is 15.9 Å². The van der Waals surface area contributed by atoms with Crippen LogP contribution in [0.4, 0.5) is 5.69 Å². The molecule has 2 aromatic carbocycles. The van der Waals surface area contributed by atoms with E-state index in [4.69, 9.17) is 0 Å². The van der Waals surface area contributed by atoms with Crippen LogP contribution < -0.4 is 5.32 Å². The highest BCUT2D eigenvalue weighted by molar-refractivity contribution is 9.10. The van der Waals surface area contributed by atoms with Crippen molar-refractivity contribution in [2.24, 2.45) is 0 Å².